The molecular weight excluding hydrogens is 317 g/mol. The van der Waals surface area contributed by atoms with Gasteiger partial charge in [0, 0.05) is 13.1 Å². The van der Waals surface area contributed by atoms with Crippen LogP contribution in [-0.4, -0.2) is 30.1 Å². The molecule has 1 aromatic rings. The Kier molecular flexibility index (Phi) is 6.26. The molecule has 3 nitrogen and oxygen atoms in total. The highest BCUT2D eigenvalue weighted by molar-refractivity contribution is 5.85. The van der Waals surface area contributed by atoms with E-state index in [2.05, 4.69) is 0 Å². The van der Waals surface area contributed by atoms with E-state index in [-0.39, 0.29) is 44.2 Å². The maximum Gasteiger partial charge on any atom is 0.391 e. The second-order valence-corrected chi connectivity index (χ2v) is 5.53. The third kappa shape index (κ3) is 4.36. The van der Waals surface area contributed by atoms with Crippen molar-refractivity contribution >= 4 is 18.3 Å². The summed E-state index contributed by atoms with van der Waals surface area (Å²) in [5, 5.41) is 0. The number of nitrogens with zero attached hydrogens (tertiary/aromatic N) is 1. The van der Waals surface area contributed by atoms with E-state index >= 15 is 0 Å². The monoisotopic (exact) mass is 336 g/mol. The second-order valence-electron chi connectivity index (χ2n) is 5.53. The molecule has 0 radical (unpaired) electrons. The number of amides is 1. The highest BCUT2D eigenvalue weighted by Crippen LogP contribution is 2.34. The normalized spacial score (nSPS) is 17.8. The highest BCUT2D eigenvalue weighted by atomic mass is 35.5. The molecule has 1 aromatic carbocycles. The second kappa shape index (κ2) is 7.33. The molecule has 0 aromatic heterocycles. The zero-order valence-corrected chi connectivity index (χ0v) is 13.1. The maximum atomic E-state index is 12.6. The lowest BCUT2D eigenvalue weighted by molar-refractivity contribution is -0.186. The molecule has 22 heavy (non-hydrogen) atoms. The molecule has 7 heteroatoms. The number of benzene rings is 1. The van der Waals surface area contributed by atoms with Gasteiger partial charge in [0.2, 0.25) is 5.91 Å². The van der Waals surface area contributed by atoms with Gasteiger partial charge in [-0.15, -0.1) is 12.4 Å². The molecule has 1 unspecified atom stereocenters. The molecule has 2 N–H and O–H groups in total. The van der Waals surface area contributed by atoms with Crippen molar-refractivity contribution in [1.29, 1.82) is 0 Å². The average molecular weight is 337 g/mol. The predicted octanol–water partition coefficient (Wildman–Crippen LogP) is 3.22. The minimum absolute atomic E-state index is 0. The van der Waals surface area contributed by atoms with Crippen molar-refractivity contribution in [3.63, 3.8) is 0 Å². The number of nitrogens with two attached hydrogens (primary N) is 1. The molecule has 124 valence electrons. The number of halogens is 4. The van der Waals surface area contributed by atoms with Crippen LogP contribution in [0.3, 0.4) is 0 Å². The summed E-state index contributed by atoms with van der Waals surface area (Å²) in [6, 6.07) is 6.46. The number of likely N-dealkylation sites (tertiary alicyclic amines) is 1. The Morgan fingerprint density at radius 2 is 1.73 bits per heavy atom. The van der Waals surface area contributed by atoms with Gasteiger partial charge in [0.25, 0.3) is 0 Å². The van der Waals surface area contributed by atoms with Crippen molar-refractivity contribution in [3.8, 4) is 0 Å². The van der Waals surface area contributed by atoms with E-state index < -0.39 is 18.1 Å². The molecular formula is C15H20ClF3N2O. The molecule has 1 aliphatic heterocycles. The molecule has 1 amide bonds. The van der Waals surface area contributed by atoms with Crippen LogP contribution in [0.4, 0.5) is 13.2 Å². The molecule has 1 aliphatic rings. The Hall–Kier alpha value is -1.27. The van der Waals surface area contributed by atoms with Gasteiger partial charge in [-0.05, 0) is 25.3 Å². The van der Waals surface area contributed by atoms with Crippen LogP contribution < -0.4 is 5.73 Å². The number of rotatable bonds is 2. The van der Waals surface area contributed by atoms with Crippen molar-refractivity contribution in [2.24, 2.45) is 11.7 Å². The van der Waals surface area contributed by atoms with E-state index in [9.17, 15) is 18.0 Å². The number of aryl methyl sites for hydroxylation is 1. The fourth-order valence-electron chi connectivity index (χ4n) is 2.54. The standard InChI is InChI=1S/C15H19F3N2O.ClH/c1-10-2-4-11(5-3-10)13(19)14(21)20-8-6-12(7-9-20)15(16,17)18;/h2-5,12-13H,6-9,19H2,1H3;1H. The van der Waals surface area contributed by atoms with Crippen LogP contribution in [-0.2, 0) is 4.79 Å². The molecule has 0 aliphatic carbocycles. The number of hydrogen-bond donors (Lipinski definition) is 1. The first-order valence-corrected chi connectivity index (χ1v) is 6.96. The Morgan fingerprint density at radius 3 is 2.18 bits per heavy atom. The van der Waals surface area contributed by atoms with E-state index in [1.807, 2.05) is 19.1 Å². The molecule has 1 heterocycles. The average Bonchev–Trinajstić information content (AvgIpc) is 2.46. The third-order valence-electron chi connectivity index (χ3n) is 3.97. The number of hydrogen-bond acceptors (Lipinski definition) is 2. The van der Waals surface area contributed by atoms with Gasteiger partial charge in [-0.25, -0.2) is 0 Å². The van der Waals surface area contributed by atoms with Gasteiger partial charge in [-0.3, -0.25) is 4.79 Å². The maximum absolute atomic E-state index is 12.6. The number of piperidine rings is 1. The topological polar surface area (TPSA) is 46.3 Å². The fraction of sp³-hybridized carbons (Fsp3) is 0.533. The summed E-state index contributed by atoms with van der Waals surface area (Å²) in [7, 11) is 0. The first-order valence-electron chi connectivity index (χ1n) is 6.96. The molecule has 0 bridgehead atoms. The van der Waals surface area contributed by atoms with Gasteiger partial charge < -0.3 is 10.6 Å². The Labute approximate surface area is 134 Å². The van der Waals surface area contributed by atoms with Crippen LogP contribution in [0, 0.1) is 12.8 Å². The number of carbonyl (C=O) groups excluding carboxylic acids is 1. The van der Waals surface area contributed by atoms with Crippen LogP contribution >= 0.6 is 12.4 Å². The van der Waals surface area contributed by atoms with Crippen molar-refractivity contribution in [1.82, 2.24) is 4.90 Å². The first kappa shape index (κ1) is 18.8. The summed E-state index contributed by atoms with van der Waals surface area (Å²) in [4.78, 5) is 13.7. The van der Waals surface area contributed by atoms with Crippen molar-refractivity contribution in [3.05, 3.63) is 35.4 Å². The van der Waals surface area contributed by atoms with E-state index in [1.54, 1.807) is 12.1 Å². The van der Waals surface area contributed by atoms with Crippen LogP contribution in [0.15, 0.2) is 24.3 Å². The van der Waals surface area contributed by atoms with Crippen molar-refractivity contribution in [2.45, 2.75) is 32.0 Å². The summed E-state index contributed by atoms with van der Waals surface area (Å²) >= 11 is 0. The van der Waals surface area contributed by atoms with E-state index in [0.29, 0.717) is 5.56 Å². The van der Waals surface area contributed by atoms with E-state index in [0.717, 1.165) is 5.56 Å². The lowest BCUT2D eigenvalue weighted by atomic mass is 9.95. The van der Waals surface area contributed by atoms with E-state index in [1.165, 1.54) is 4.90 Å². The van der Waals surface area contributed by atoms with E-state index in [4.69, 9.17) is 5.73 Å². The zero-order chi connectivity index (χ0) is 15.6. The molecule has 0 saturated carbocycles. The van der Waals surface area contributed by atoms with Gasteiger partial charge in [0.05, 0.1) is 5.92 Å². The summed E-state index contributed by atoms with van der Waals surface area (Å²) in [6.07, 6.45) is -4.26. The zero-order valence-electron chi connectivity index (χ0n) is 12.3. The van der Waals surface area contributed by atoms with Gasteiger partial charge >= 0.3 is 6.18 Å². The Morgan fingerprint density at radius 1 is 1.23 bits per heavy atom. The van der Waals surface area contributed by atoms with Crippen LogP contribution in [0.25, 0.3) is 0 Å². The Bertz CT molecular complexity index is 497. The third-order valence-corrected chi connectivity index (χ3v) is 3.97. The van der Waals surface area contributed by atoms with Crippen molar-refractivity contribution in [2.75, 3.05) is 13.1 Å². The van der Waals surface area contributed by atoms with Crippen LogP contribution in [0.1, 0.15) is 30.0 Å². The summed E-state index contributed by atoms with van der Waals surface area (Å²) < 4.78 is 37.8. The van der Waals surface area contributed by atoms with Gasteiger partial charge in [0.15, 0.2) is 0 Å². The lowest BCUT2D eigenvalue weighted by Crippen LogP contribution is -2.45. The van der Waals surface area contributed by atoms with Crippen molar-refractivity contribution < 1.29 is 18.0 Å². The largest absolute Gasteiger partial charge is 0.391 e. The SMILES string of the molecule is Cc1ccc(C(N)C(=O)N2CCC(C(F)(F)F)CC2)cc1.Cl. The highest BCUT2D eigenvalue weighted by Gasteiger charge is 2.42. The number of carbonyl (C=O) groups is 1. The van der Waals surface area contributed by atoms with Gasteiger partial charge in [-0.1, -0.05) is 29.8 Å². The summed E-state index contributed by atoms with van der Waals surface area (Å²) in [6.45, 7) is 2.16. The summed E-state index contributed by atoms with van der Waals surface area (Å²) in [5.74, 6) is -1.61. The molecule has 1 saturated heterocycles. The van der Waals surface area contributed by atoms with Gasteiger partial charge in [-0.2, -0.15) is 13.2 Å². The first-order chi connectivity index (χ1) is 9.79. The minimum Gasteiger partial charge on any atom is -0.341 e. The summed E-state index contributed by atoms with van der Waals surface area (Å²) in [5.41, 5.74) is 7.67. The van der Waals surface area contributed by atoms with Crippen LogP contribution in [0.5, 0.6) is 0 Å². The fourth-order valence-corrected chi connectivity index (χ4v) is 2.54. The quantitative estimate of drug-likeness (QED) is 0.901. The lowest BCUT2D eigenvalue weighted by Gasteiger charge is -2.34. The van der Waals surface area contributed by atoms with Gasteiger partial charge in [0.1, 0.15) is 6.04 Å². The molecule has 2 rings (SSSR count). The van der Waals surface area contributed by atoms with Crippen LogP contribution in [0.2, 0.25) is 0 Å². The minimum atomic E-state index is -4.17. The molecule has 1 fully saturated rings. The Balaban J connectivity index is 0.00000242. The molecule has 0 spiro atoms. The predicted molar refractivity (Wildman–Crippen MR) is 80.7 cm³/mol. The molecule has 1 atom stereocenters. The number of alkyl halides is 3. The smallest absolute Gasteiger partial charge is 0.341 e.